The monoisotopic (exact) mass is 650 g/mol. The lowest BCUT2D eigenvalue weighted by Crippen LogP contribution is -2.44. The van der Waals surface area contributed by atoms with E-state index in [1.54, 1.807) is 7.11 Å². The van der Waals surface area contributed by atoms with E-state index in [0.29, 0.717) is 26.1 Å². The Hall–Kier alpha value is -3.70. The van der Waals surface area contributed by atoms with E-state index < -0.39 is 19.5 Å². The van der Waals surface area contributed by atoms with Crippen molar-refractivity contribution in [3.05, 3.63) is 138 Å². The number of hydrogen-bond acceptors (Lipinski definition) is 5. The maximum atomic E-state index is 12.2. The van der Waals surface area contributed by atoms with Crippen LogP contribution in [0, 0.1) is 11.8 Å². The molecule has 0 heterocycles. The number of benzene rings is 4. The Morgan fingerprint density at radius 2 is 1.19 bits per heavy atom. The van der Waals surface area contributed by atoms with Crippen LogP contribution in [0.15, 0.2) is 115 Å². The molecule has 4 rings (SSSR count). The van der Waals surface area contributed by atoms with Gasteiger partial charge in [0, 0.05) is 6.42 Å². The number of rotatable bonds is 15. The fraction of sp³-hybridized carbons (Fsp3) is 0.366. The van der Waals surface area contributed by atoms with Gasteiger partial charge in [0.05, 0.1) is 33.5 Å². The van der Waals surface area contributed by atoms with Crippen LogP contribution < -0.4 is 4.74 Å². The summed E-state index contributed by atoms with van der Waals surface area (Å²) < 4.78 is 24.7. The van der Waals surface area contributed by atoms with E-state index in [0.717, 1.165) is 28.0 Å². The lowest BCUT2D eigenvalue weighted by molar-refractivity contribution is -0.130. The first kappa shape index (κ1) is 36.1. The van der Waals surface area contributed by atoms with Gasteiger partial charge in [-0.05, 0) is 58.9 Å². The quantitative estimate of drug-likeness (QED) is 0.0792. The zero-order valence-corrected chi connectivity index (χ0v) is 29.8. The van der Waals surface area contributed by atoms with E-state index in [2.05, 4.69) is 82.1 Å². The summed E-state index contributed by atoms with van der Waals surface area (Å²) in [6.07, 6.45) is 0.846. The zero-order chi connectivity index (χ0) is 33.8. The Morgan fingerprint density at radius 3 is 1.66 bits per heavy atom. The SMILES string of the molecule is COc1ccc(COC[C@](O)(CCC#CCO[Si](C)(C)C(C)(C)C)COC(c2ccccc2)(c2ccccc2)c2ccccc2)cc1. The smallest absolute Gasteiger partial charge is 0.193 e. The lowest BCUT2D eigenvalue weighted by Gasteiger charge is -2.39. The van der Waals surface area contributed by atoms with Crippen molar-refractivity contribution < 1.29 is 23.7 Å². The highest BCUT2D eigenvalue weighted by Gasteiger charge is 2.41. The molecule has 5 nitrogen and oxygen atoms in total. The van der Waals surface area contributed by atoms with Crippen molar-refractivity contribution in [1.82, 2.24) is 0 Å². The van der Waals surface area contributed by atoms with Gasteiger partial charge in [0.1, 0.15) is 17.0 Å². The van der Waals surface area contributed by atoms with E-state index in [-0.39, 0.29) is 18.3 Å². The van der Waals surface area contributed by atoms with Crippen molar-refractivity contribution in [2.75, 3.05) is 26.9 Å². The summed E-state index contributed by atoms with van der Waals surface area (Å²) in [5.74, 6) is 7.21. The molecule has 0 aliphatic rings. The molecule has 0 spiro atoms. The van der Waals surface area contributed by atoms with Gasteiger partial charge in [-0.1, -0.05) is 130 Å². The third-order valence-corrected chi connectivity index (χ3v) is 13.5. The van der Waals surface area contributed by atoms with Gasteiger partial charge in [0.2, 0.25) is 0 Å². The van der Waals surface area contributed by atoms with Crippen molar-refractivity contribution in [3.63, 3.8) is 0 Å². The van der Waals surface area contributed by atoms with E-state index >= 15 is 0 Å². The molecule has 0 aromatic heterocycles. The molecule has 47 heavy (non-hydrogen) atoms. The minimum absolute atomic E-state index is 0.0243. The van der Waals surface area contributed by atoms with Gasteiger partial charge in [-0.2, -0.15) is 0 Å². The summed E-state index contributed by atoms with van der Waals surface area (Å²) in [5, 5.41) is 12.3. The minimum Gasteiger partial charge on any atom is -0.497 e. The molecule has 248 valence electrons. The molecule has 1 atom stereocenters. The molecule has 6 heteroatoms. The second kappa shape index (κ2) is 16.4. The summed E-state index contributed by atoms with van der Waals surface area (Å²) >= 11 is 0. The van der Waals surface area contributed by atoms with Crippen molar-refractivity contribution in [2.45, 2.75) is 69.6 Å². The number of ether oxygens (including phenoxy) is 3. The highest BCUT2D eigenvalue weighted by molar-refractivity contribution is 6.74. The maximum absolute atomic E-state index is 12.2. The summed E-state index contributed by atoms with van der Waals surface area (Å²) in [7, 11) is -0.241. The van der Waals surface area contributed by atoms with Gasteiger partial charge in [-0.15, -0.1) is 5.92 Å². The van der Waals surface area contributed by atoms with Gasteiger partial charge in [0.15, 0.2) is 8.32 Å². The molecule has 0 amide bonds. The molecule has 1 N–H and O–H groups in total. The van der Waals surface area contributed by atoms with Crippen LogP contribution >= 0.6 is 0 Å². The highest BCUT2D eigenvalue weighted by Crippen LogP contribution is 2.41. The van der Waals surface area contributed by atoms with Crippen molar-refractivity contribution in [3.8, 4) is 17.6 Å². The minimum atomic E-state index is -1.89. The molecule has 0 saturated carbocycles. The topological polar surface area (TPSA) is 57.2 Å². The van der Waals surface area contributed by atoms with Crippen molar-refractivity contribution >= 4 is 8.32 Å². The van der Waals surface area contributed by atoms with Crippen LogP contribution in [0.5, 0.6) is 5.75 Å². The summed E-state index contributed by atoms with van der Waals surface area (Å²) in [6, 6.07) is 38.3. The third-order valence-electron chi connectivity index (χ3n) is 9.05. The number of aliphatic hydroxyl groups is 1. The third kappa shape index (κ3) is 9.67. The second-order valence-corrected chi connectivity index (χ2v) is 18.3. The summed E-state index contributed by atoms with van der Waals surface area (Å²) in [6.45, 7) is 12.0. The summed E-state index contributed by atoms with van der Waals surface area (Å²) in [4.78, 5) is 0. The van der Waals surface area contributed by atoms with Crippen LogP contribution in [-0.4, -0.2) is 46.0 Å². The van der Waals surface area contributed by atoms with E-state index in [1.807, 2.05) is 78.9 Å². The van der Waals surface area contributed by atoms with E-state index in [4.69, 9.17) is 18.6 Å². The first-order valence-corrected chi connectivity index (χ1v) is 19.2. The molecule has 0 fully saturated rings. The first-order chi connectivity index (χ1) is 22.5. The second-order valence-electron chi connectivity index (χ2n) is 13.5. The Kier molecular flexibility index (Phi) is 12.6. The molecule has 0 bridgehead atoms. The molecule has 0 aliphatic heterocycles. The predicted molar refractivity (Wildman–Crippen MR) is 193 cm³/mol. The Morgan fingerprint density at radius 1 is 0.681 bits per heavy atom. The molecular formula is C41H50O5Si. The Labute approximate surface area is 283 Å². The van der Waals surface area contributed by atoms with Gasteiger partial charge in [0.25, 0.3) is 0 Å². The highest BCUT2D eigenvalue weighted by atomic mass is 28.4. The molecule has 4 aromatic carbocycles. The molecule has 0 unspecified atom stereocenters. The molecule has 0 saturated heterocycles. The van der Waals surface area contributed by atoms with Crippen molar-refractivity contribution in [1.29, 1.82) is 0 Å². The van der Waals surface area contributed by atoms with Crippen LogP contribution in [0.2, 0.25) is 18.1 Å². The van der Waals surface area contributed by atoms with Crippen LogP contribution in [-0.2, 0) is 26.1 Å². The van der Waals surface area contributed by atoms with Crippen LogP contribution in [0.1, 0.15) is 55.9 Å². The van der Waals surface area contributed by atoms with E-state index in [1.165, 1.54) is 0 Å². The average Bonchev–Trinajstić information content (AvgIpc) is 3.08. The number of methoxy groups -OCH3 is 1. The van der Waals surface area contributed by atoms with Gasteiger partial charge in [-0.3, -0.25) is 0 Å². The fourth-order valence-corrected chi connectivity index (χ4v) is 6.01. The van der Waals surface area contributed by atoms with Crippen LogP contribution in [0.4, 0.5) is 0 Å². The maximum Gasteiger partial charge on any atom is 0.193 e. The average molecular weight is 651 g/mol. The van der Waals surface area contributed by atoms with Crippen molar-refractivity contribution in [2.24, 2.45) is 0 Å². The predicted octanol–water partition coefficient (Wildman–Crippen LogP) is 8.76. The molecule has 0 aliphatic carbocycles. The Balaban J connectivity index is 1.59. The first-order valence-electron chi connectivity index (χ1n) is 16.3. The Bertz CT molecular complexity index is 1460. The van der Waals surface area contributed by atoms with Gasteiger partial charge < -0.3 is 23.7 Å². The molecular weight excluding hydrogens is 601 g/mol. The molecule has 4 aromatic rings. The zero-order valence-electron chi connectivity index (χ0n) is 28.8. The lowest BCUT2D eigenvalue weighted by atomic mass is 9.80. The number of hydrogen-bond donors (Lipinski definition) is 1. The van der Waals surface area contributed by atoms with E-state index in [9.17, 15) is 5.11 Å². The van der Waals surface area contributed by atoms with Crippen LogP contribution in [0.3, 0.4) is 0 Å². The molecule has 0 radical (unpaired) electrons. The van der Waals surface area contributed by atoms with Gasteiger partial charge in [-0.25, -0.2) is 0 Å². The van der Waals surface area contributed by atoms with Gasteiger partial charge >= 0.3 is 0 Å². The van der Waals surface area contributed by atoms with Crippen LogP contribution in [0.25, 0.3) is 0 Å². The normalized spacial score (nSPS) is 13.3. The summed E-state index contributed by atoms with van der Waals surface area (Å²) in [5.41, 5.74) is 1.63. The standard InChI is InChI=1S/C41H50O5Si/c1-39(2,3)47(5,6)46-30-18-10-17-29-40(42,32-44-31-34-25-27-38(43-4)28-26-34)33-45-41(35-19-11-7-12-20-35,36-21-13-8-14-22-36)37-23-15-9-16-24-37/h7-9,11-16,19-28,42H,17,29-33H2,1-6H3/t40-/m1/s1. The largest absolute Gasteiger partial charge is 0.497 e. The fourth-order valence-electron chi connectivity index (χ4n) is 5.15.